The molecular formula is C9H9BrF2. The van der Waals surface area contributed by atoms with E-state index in [1.807, 2.05) is 6.92 Å². The molecule has 0 heterocycles. The molecule has 0 bridgehead atoms. The van der Waals surface area contributed by atoms with Crippen molar-refractivity contribution in [2.24, 2.45) is 0 Å². The molecule has 1 aromatic rings. The van der Waals surface area contributed by atoms with E-state index in [1.165, 1.54) is 6.07 Å². The van der Waals surface area contributed by atoms with Gasteiger partial charge in [-0.2, -0.15) is 0 Å². The maximum Gasteiger partial charge on any atom is 0.264 e. The summed E-state index contributed by atoms with van der Waals surface area (Å²) in [5.41, 5.74) is 1.67. The van der Waals surface area contributed by atoms with Gasteiger partial charge in [-0.25, -0.2) is 8.78 Å². The van der Waals surface area contributed by atoms with Crippen molar-refractivity contribution in [3.05, 3.63) is 33.3 Å². The van der Waals surface area contributed by atoms with Gasteiger partial charge in [-0.15, -0.1) is 0 Å². The highest BCUT2D eigenvalue weighted by molar-refractivity contribution is 9.10. The van der Waals surface area contributed by atoms with Crippen LogP contribution in [0.25, 0.3) is 0 Å². The van der Waals surface area contributed by atoms with Crippen LogP contribution in [-0.2, 0) is 0 Å². The molecule has 0 nitrogen and oxygen atoms in total. The molecule has 1 rings (SSSR count). The van der Waals surface area contributed by atoms with Gasteiger partial charge in [0.25, 0.3) is 6.43 Å². The molecule has 1 aromatic carbocycles. The van der Waals surface area contributed by atoms with Gasteiger partial charge in [0.2, 0.25) is 0 Å². The summed E-state index contributed by atoms with van der Waals surface area (Å²) in [5, 5.41) is 0. The number of halogens is 3. The second-order valence-corrected chi connectivity index (χ2v) is 3.54. The minimum absolute atomic E-state index is 0.121. The molecule has 0 aliphatic carbocycles. The van der Waals surface area contributed by atoms with Crippen LogP contribution >= 0.6 is 15.9 Å². The van der Waals surface area contributed by atoms with Gasteiger partial charge < -0.3 is 0 Å². The summed E-state index contributed by atoms with van der Waals surface area (Å²) in [5.74, 6) is 0. The molecule has 0 atom stereocenters. The van der Waals surface area contributed by atoms with Crippen LogP contribution in [0.5, 0.6) is 0 Å². The molecule has 0 saturated carbocycles. The number of hydrogen-bond acceptors (Lipinski definition) is 0. The summed E-state index contributed by atoms with van der Waals surface area (Å²) in [6.07, 6.45) is -2.38. The summed E-state index contributed by atoms with van der Waals surface area (Å²) in [6.45, 7) is 3.53. The smallest absolute Gasteiger partial charge is 0.205 e. The summed E-state index contributed by atoms with van der Waals surface area (Å²) in [4.78, 5) is 0. The van der Waals surface area contributed by atoms with Crippen LogP contribution in [0.2, 0.25) is 0 Å². The largest absolute Gasteiger partial charge is 0.264 e. The molecular weight excluding hydrogens is 226 g/mol. The van der Waals surface area contributed by atoms with Crippen molar-refractivity contribution in [3.8, 4) is 0 Å². The highest BCUT2D eigenvalue weighted by Gasteiger charge is 2.12. The molecule has 0 aliphatic heterocycles. The topological polar surface area (TPSA) is 0 Å². The molecule has 0 aromatic heterocycles. The summed E-state index contributed by atoms with van der Waals surface area (Å²) in [7, 11) is 0. The lowest BCUT2D eigenvalue weighted by Crippen LogP contribution is -1.92. The molecule has 0 amide bonds. The zero-order valence-electron chi connectivity index (χ0n) is 6.87. The molecule has 0 saturated heterocycles. The quantitative estimate of drug-likeness (QED) is 0.689. The standard InChI is InChI=1S/C9H9BrF2/c1-5-6(2)8(10)4-3-7(5)9(11)12/h3-4,9H,1-2H3. The van der Waals surface area contributed by atoms with Crippen molar-refractivity contribution in [2.75, 3.05) is 0 Å². The third-order valence-corrected chi connectivity index (χ3v) is 2.86. The van der Waals surface area contributed by atoms with Gasteiger partial charge in [0, 0.05) is 10.0 Å². The third kappa shape index (κ3) is 1.66. The third-order valence-electron chi connectivity index (χ3n) is 2.00. The Bertz CT molecular complexity index is 295. The average molecular weight is 235 g/mol. The Morgan fingerprint density at radius 2 is 1.75 bits per heavy atom. The Hall–Kier alpha value is -0.440. The van der Waals surface area contributed by atoms with Crippen LogP contribution in [0.3, 0.4) is 0 Å². The van der Waals surface area contributed by atoms with Gasteiger partial charge in [0.05, 0.1) is 0 Å². The molecule has 0 radical (unpaired) electrons. The summed E-state index contributed by atoms with van der Waals surface area (Å²) in [6, 6.07) is 3.11. The van der Waals surface area contributed by atoms with Gasteiger partial charge in [0.15, 0.2) is 0 Å². The lowest BCUT2D eigenvalue weighted by molar-refractivity contribution is 0.150. The Labute approximate surface area is 78.7 Å². The second kappa shape index (κ2) is 3.52. The maximum absolute atomic E-state index is 12.3. The van der Waals surface area contributed by atoms with E-state index in [0.29, 0.717) is 5.56 Å². The molecule has 0 unspecified atom stereocenters. The Balaban J connectivity index is 3.27. The fourth-order valence-electron chi connectivity index (χ4n) is 1.04. The van der Waals surface area contributed by atoms with Crippen LogP contribution in [0.1, 0.15) is 23.1 Å². The van der Waals surface area contributed by atoms with E-state index in [2.05, 4.69) is 15.9 Å². The van der Waals surface area contributed by atoms with Crippen LogP contribution in [0, 0.1) is 13.8 Å². The van der Waals surface area contributed by atoms with Crippen molar-refractivity contribution in [2.45, 2.75) is 20.3 Å². The minimum atomic E-state index is -2.38. The predicted octanol–water partition coefficient (Wildman–Crippen LogP) is 4.00. The highest BCUT2D eigenvalue weighted by atomic mass is 79.9. The van der Waals surface area contributed by atoms with Crippen molar-refractivity contribution in [1.82, 2.24) is 0 Å². The van der Waals surface area contributed by atoms with Crippen molar-refractivity contribution in [1.29, 1.82) is 0 Å². The van der Waals surface area contributed by atoms with E-state index in [0.717, 1.165) is 10.0 Å². The van der Waals surface area contributed by atoms with Gasteiger partial charge in [-0.05, 0) is 31.0 Å². The minimum Gasteiger partial charge on any atom is -0.205 e. The molecule has 12 heavy (non-hydrogen) atoms. The fourth-order valence-corrected chi connectivity index (χ4v) is 1.47. The van der Waals surface area contributed by atoms with Crippen LogP contribution < -0.4 is 0 Å². The second-order valence-electron chi connectivity index (χ2n) is 2.69. The van der Waals surface area contributed by atoms with E-state index in [9.17, 15) is 8.78 Å². The zero-order valence-corrected chi connectivity index (χ0v) is 8.45. The number of alkyl halides is 2. The van der Waals surface area contributed by atoms with E-state index < -0.39 is 6.43 Å². The molecule has 0 spiro atoms. The SMILES string of the molecule is Cc1c(Br)ccc(C(F)F)c1C. The summed E-state index contributed by atoms with van der Waals surface area (Å²) >= 11 is 3.28. The monoisotopic (exact) mass is 234 g/mol. The van der Waals surface area contributed by atoms with Gasteiger partial charge >= 0.3 is 0 Å². The van der Waals surface area contributed by atoms with Gasteiger partial charge in [-0.1, -0.05) is 22.0 Å². The molecule has 0 N–H and O–H groups in total. The van der Waals surface area contributed by atoms with Crippen LogP contribution in [0.15, 0.2) is 16.6 Å². The van der Waals surface area contributed by atoms with Crippen LogP contribution in [-0.4, -0.2) is 0 Å². The maximum atomic E-state index is 12.3. The van der Waals surface area contributed by atoms with E-state index in [1.54, 1.807) is 13.0 Å². The van der Waals surface area contributed by atoms with E-state index >= 15 is 0 Å². The lowest BCUT2D eigenvalue weighted by Gasteiger charge is -2.08. The molecule has 0 fully saturated rings. The van der Waals surface area contributed by atoms with Gasteiger partial charge in [-0.3, -0.25) is 0 Å². The van der Waals surface area contributed by atoms with Crippen molar-refractivity contribution < 1.29 is 8.78 Å². The zero-order chi connectivity index (χ0) is 9.30. The fraction of sp³-hybridized carbons (Fsp3) is 0.333. The Morgan fingerprint density at radius 1 is 1.17 bits per heavy atom. The predicted molar refractivity (Wildman–Crippen MR) is 48.6 cm³/mol. The molecule has 66 valence electrons. The Morgan fingerprint density at radius 3 is 2.25 bits per heavy atom. The van der Waals surface area contributed by atoms with Crippen LogP contribution in [0.4, 0.5) is 8.78 Å². The molecule has 3 heteroatoms. The van der Waals surface area contributed by atoms with Crippen molar-refractivity contribution in [3.63, 3.8) is 0 Å². The first-order chi connectivity index (χ1) is 5.54. The molecule has 0 aliphatic rings. The van der Waals surface area contributed by atoms with Crippen molar-refractivity contribution >= 4 is 15.9 Å². The summed E-state index contributed by atoms with van der Waals surface area (Å²) < 4.78 is 25.5. The van der Waals surface area contributed by atoms with Gasteiger partial charge in [0.1, 0.15) is 0 Å². The lowest BCUT2D eigenvalue weighted by atomic mass is 10.0. The first-order valence-electron chi connectivity index (χ1n) is 3.57. The first-order valence-corrected chi connectivity index (χ1v) is 4.37. The van der Waals surface area contributed by atoms with E-state index in [-0.39, 0.29) is 5.56 Å². The highest BCUT2D eigenvalue weighted by Crippen LogP contribution is 2.28. The van der Waals surface area contributed by atoms with E-state index in [4.69, 9.17) is 0 Å². The first kappa shape index (κ1) is 9.65. The normalized spacial score (nSPS) is 10.8. The number of benzene rings is 1. The Kier molecular flexibility index (Phi) is 2.83. The average Bonchev–Trinajstić information content (AvgIpc) is 2.00. The number of rotatable bonds is 1. The number of hydrogen-bond donors (Lipinski definition) is 0.